The first kappa shape index (κ1) is 20.0. The summed E-state index contributed by atoms with van der Waals surface area (Å²) in [5.41, 5.74) is 1.54. The van der Waals surface area contributed by atoms with Gasteiger partial charge in [0.1, 0.15) is 5.69 Å². The predicted molar refractivity (Wildman–Crippen MR) is 124 cm³/mol. The molecule has 1 heterocycles. The summed E-state index contributed by atoms with van der Waals surface area (Å²) in [5.74, 6) is -0.195. The van der Waals surface area contributed by atoms with Crippen molar-refractivity contribution in [1.82, 2.24) is 9.36 Å². The average molecular weight is 418 g/mol. The Morgan fingerprint density at radius 3 is 2.37 bits per heavy atom. The molecule has 4 rings (SSSR count). The number of benzene rings is 3. The van der Waals surface area contributed by atoms with E-state index in [9.17, 15) is 9.59 Å². The first-order chi connectivity index (χ1) is 14.5. The normalized spacial score (nSPS) is 12.1. The highest BCUT2D eigenvalue weighted by Gasteiger charge is 2.21. The molecular formula is C24H23N3O2S. The molecular weight excluding hydrogens is 394 g/mol. The van der Waals surface area contributed by atoms with Crippen molar-refractivity contribution >= 4 is 34.1 Å². The van der Waals surface area contributed by atoms with Gasteiger partial charge in [-0.05, 0) is 48.9 Å². The van der Waals surface area contributed by atoms with E-state index in [1.165, 1.54) is 17.1 Å². The Labute approximate surface area is 179 Å². The largest absolute Gasteiger partial charge is 0.319 e. The summed E-state index contributed by atoms with van der Waals surface area (Å²) in [5, 5.41) is 4.81. The molecule has 30 heavy (non-hydrogen) atoms. The molecule has 3 aromatic carbocycles. The van der Waals surface area contributed by atoms with Crippen LogP contribution < -0.4 is 10.9 Å². The van der Waals surface area contributed by atoms with E-state index in [0.717, 1.165) is 16.0 Å². The van der Waals surface area contributed by atoms with E-state index in [4.69, 9.17) is 0 Å². The minimum absolute atomic E-state index is 0.195. The predicted octanol–water partition coefficient (Wildman–Crippen LogP) is 4.76. The van der Waals surface area contributed by atoms with Crippen LogP contribution in [-0.4, -0.2) is 20.5 Å². The minimum atomic E-state index is -0.352. The fourth-order valence-corrected chi connectivity index (χ4v) is 4.35. The molecule has 1 N–H and O–H groups in total. The molecule has 0 aliphatic heterocycles. The Bertz CT molecular complexity index is 1270. The molecule has 0 aliphatic rings. The van der Waals surface area contributed by atoms with E-state index in [2.05, 4.69) is 29.6 Å². The molecule has 5 nitrogen and oxygen atoms in total. The second kappa shape index (κ2) is 8.24. The van der Waals surface area contributed by atoms with Gasteiger partial charge in [0, 0.05) is 11.9 Å². The summed E-state index contributed by atoms with van der Waals surface area (Å²) in [4.78, 5) is 26.9. The first-order valence-corrected chi connectivity index (χ1v) is 10.6. The van der Waals surface area contributed by atoms with E-state index in [1.54, 1.807) is 9.36 Å². The van der Waals surface area contributed by atoms with E-state index >= 15 is 0 Å². The number of aromatic nitrogens is 2. The number of carbonyl (C=O) groups excluding carboxylic acids is 1. The molecule has 1 aromatic heterocycles. The highest BCUT2D eigenvalue weighted by molar-refractivity contribution is 8.00. The topological polar surface area (TPSA) is 56.0 Å². The molecule has 6 heteroatoms. The summed E-state index contributed by atoms with van der Waals surface area (Å²) < 4.78 is 3.32. The monoisotopic (exact) mass is 417 g/mol. The SMILES string of the molecule is Cc1c(NC(=O)C(C)Sc2ccc3ccccc3c2)c(=O)n(-c2ccccc2)n1C. The summed E-state index contributed by atoms with van der Waals surface area (Å²) >= 11 is 1.48. The summed E-state index contributed by atoms with van der Waals surface area (Å²) in [6, 6.07) is 23.7. The van der Waals surface area contributed by atoms with Crippen molar-refractivity contribution in [2.75, 3.05) is 5.32 Å². The number of anilines is 1. The quantitative estimate of drug-likeness (QED) is 0.477. The number of nitrogens with zero attached hydrogens (tertiary/aromatic N) is 2. The number of nitrogens with one attached hydrogen (secondary N) is 1. The van der Waals surface area contributed by atoms with Crippen LogP contribution >= 0.6 is 11.8 Å². The van der Waals surface area contributed by atoms with E-state index in [1.807, 2.05) is 69.4 Å². The molecule has 0 fully saturated rings. The molecule has 0 saturated carbocycles. The van der Waals surface area contributed by atoms with E-state index in [0.29, 0.717) is 11.4 Å². The molecule has 0 spiro atoms. The smallest absolute Gasteiger partial charge is 0.295 e. The van der Waals surface area contributed by atoms with Gasteiger partial charge in [-0.1, -0.05) is 48.5 Å². The number of hydrogen-bond acceptors (Lipinski definition) is 3. The minimum Gasteiger partial charge on any atom is -0.319 e. The zero-order chi connectivity index (χ0) is 21.3. The Hall–Kier alpha value is -3.25. The van der Waals surface area contributed by atoms with Crippen LogP contribution in [0.15, 0.2) is 82.5 Å². The lowest BCUT2D eigenvalue weighted by atomic mass is 10.1. The van der Waals surface area contributed by atoms with Gasteiger partial charge in [0.05, 0.1) is 16.6 Å². The molecule has 4 aromatic rings. The summed E-state index contributed by atoms with van der Waals surface area (Å²) in [6.45, 7) is 3.68. The van der Waals surface area contributed by atoms with Crippen molar-refractivity contribution in [2.45, 2.75) is 24.0 Å². The van der Waals surface area contributed by atoms with Gasteiger partial charge in [0.15, 0.2) is 0 Å². The van der Waals surface area contributed by atoms with Crippen LogP contribution in [-0.2, 0) is 11.8 Å². The molecule has 1 atom stereocenters. The lowest BCUT2D eigenvalue weighted by Crippen LogP contribution is -2.27. The number of para-hydroxylation sites is 1. The maximum Gasteiger partial charge on any atom is 0.295 e. The van der Waals surface area contributed by atoms with Gasteiger partial charge in [-0.3, -0.25) is 14.3 Å². The third-order valence-corrected chi connectivity index (χ3v) is 6.30. The van der Waals surface area contributed by atoms with Gasteiger partial charge >= 0.3 is 0 Å². The second-order valence-electron chi connectivity index (χ2n) is 7.19. The number of carbonyl (C=O) groups is 1. The van der Waals surface area contributed by atoms with Crippen LogP contribution in [0.1, 0.15) is 12.6 Å². The Kier molecular flexibility index (Phi) is 5.50. The Morgan fingerprint density at radius 1 is 0.967 bits per heavy atom. The molecule has 0 radical (unpaired) electrons. The summed E-state index contributed by atoms with van der Waals surface area (Å²) in [6.07, 6.45) is 0. The highest BCUT2D eigenvalue weighted by atomic mass is 32.2. The van der Waals surface area contributed by atoms with Gasteiger partial charge in [-0.15, -0.1) is 11.8 Å². The highest BCUT2D eigenvalue weighted by Crippen LogP contribution is 2.27. The van der Waals surface area contributed by atoms with Crippen molar-refractivity contribution in [3.63, 3.8) is 0 Å². The van der Waals surface area contributed by atoms with Gasteiger partial charge in [0.2, 0.25) is 5.91 Å². The molecule has 0 saturated heterocycles. The van der Waals surface area contributed by atoms with Crippen molar-refractivity contribution in [3.8, 4) is 5.69 Å². The van der Waals surface area contributed by atoms with E-state index in [-0.39, 0.29) is 16.7 Å². The van der Waals surface area contributed by atoms with Crippen molar-refractivity contribution < 1.29 is 4.79 Å². The number of rotatable bonds is 5. The van der Waals surface area contributed by atoms with Gasteiger partial charge in [-0.25, -0.2) is 4.68 Å². The fraction of sp³-hybridized carbons (Fsp3) is 0.167. The molecule has 0 bridgehead atoms. The van der Waals surface area contributed by atoms with Crippen LogP contribution in [0.4, 0.5) is 5.69 Å². The maximum atomic E-state index is 13.0. The standard InChI is InChI=1S/C24H23N3O2S/c1-16-22(24(29)27(26(16)3)20-11-5-4-6-12-20)25-23(28)17(2)30-21-14-13-18-9-7-8-10-19(18)15-21/h4-15,17H,1-3H3,(H,25,28). The lowest BCUT2D eigenvalue weighted by molar-refractivity contribution is -0.115. The van der Waals surface area contributed by atoms with Crippen LogP contribution in [0.2, 0.25) is 0 Å². The van der Waals surface area contributed by atoms with Crippen molar-refractivity contribution in [2.24, 2.45) is 7.05 Å². The van der Waals surface area contributed by atoms with Crippen molar-refractivity contribution in [1.29, 1.82) is 0 Å². The number of thioether (sulfide) groups is 1. The van der Waals surface area contributed by atoms with Crippen LogP contribution in [0.25, 0.3) is 16.5 Å². The third-order valence-electron chi connectivity index (χ3n) is 5.21. The zero-order valence-electron chi connectivity index (χ0n) is 17.1. The number of fused-ring (bicyclic) bond motifs is 1. The number of hydrogen-bond donors (Lipinski definition) is 1. The summed E-state index contributed by atoms with van der Waals surface area (Å²) in [7, 11) is 1.81. The Morgan fingerprint density at radius 2 is 1.63 bits per heavy atom. The van der Waals surface area contributed by atoms with Crippen LogP contribution in [0.5, 0.6) is 0 Å². The second-order valence-corrected chi connectivity index (χ2v) is 8.61. The molecule has 152 valence electrons. The van der Waals surface area contributed by atoms with Crippen LogP contribution in [0, 0.1) is 6.92 Å². The Balaban J connectivity index is 1.55. The van der Waals surface area contributed by atoms with Gasteiger partial charge in [-0.2, -0.15) is 0 Å². The van der Waals surface area contributed by atoms with Gasteiger partial charge in [0.25, 0.3) is 5.56 Å². The molecule has 1 amide bonds. The van der Waals surface area contributed by atoms with Gasteiger partial charge < -0.3 is 5.32 Å². The lowest BCUT2D eigenvalue weighted by Gasteiger charge is -2.12. The fourth-order valence-electron chi connectivity index (χ4n) is 3.44. The first-order valence-electron chi connectivity index (χ1n) is 9.76. The van der Waals surface area contributed by atoms with Crippen LogP contribution in [0.3, 0.4) is 0 Å². The average Bonchev–Trinajstić information content (AvgIpc) is 2.97. The van der Waals surface area contributed by atoms with Crippen molar-refractivity contribution in [3.05, 3.63) is 88.8 Å². The third kappa shape index (κ3) is 3.78. The maximum absolute atomic E-state index is 13.0. The van der Waals surface area contributed by atoms with E-state index < -0.39 is 0 Å². The molecule has 0 aliphatic carbocycles. The molecule has 1 unspecified atom stereocenters. The number of amides is 1. The zero-order valence-corrected chi connectivity index (χ0v) is 17.9.